The second kappa shape index (κ2) is 4.15. The van der Waals surface area contributed by atoms with Crippen LogP contribution < -0.4 is 0 Å². The van der Waals surface area contributed by atoms with Gasteiger partial charge in [0.2, 0.25) is 5.91 Å². The molecular weight excluding hydrogens is 186 g/mol. The van der Waals surface area contributed by atoms with E-state index in [1.807, 2.05) is 20.8 Å². The Labute approximate surface area is 94.0 Å². The summed E-state index contributed by atoms with van der Waals surface area (Å²) < 4.78 is 0. The number of hydrogen-bond donors (Lipinski definition) is 0. The number of hydrogen-bond acceptors (Lipinski definition) is 1. The molecule has 0 atom stereocenters. The lowest BCUT2D eigenvalue weighted by Crippen LogP contribution is -2.39. The highest BCUT2D eigenvalue weighted by atomic mass is 16.2. The van der Waals surface area contributed by atoms with Gasteiger partial charge in [-0.25, -0.2) is 0 Å². The lowest BCUT2D eigenvalue weighted by atomic mass is 9.82. The average Bonchev–Trinajstić information content (AvgIpc) is 2.60. The first-order valence-corrected chi connectivity index (χ1v) is 6.14. The van der Waals surface area contributed by atoms with Crippen molar-refractivity contribution in [1.82, 2.24) is 4.90 Å². The summed E-state index contributed by atoms with van der Waals surface area (Å²) in [6, 6.07) is 0. The Morgan fingerprint density at radius 3 is 2.13 bits per heavy atom. The molecule has 2 nitrogen and oxygen atoms in total. The second-order valence-corrected chi connectivity index (χ2v) is 5.93. The van der Waals surface area contributed by atoms with Crippen LogP contribution in [0.25, 0.3) is 0 Å². The van der Waals surface area contributed by atoms with Crippen LogP contribution in [0.4, 0.5) is 0 Å². The maximum absolute atomic E-state index is 12.1. The van der Waals surface area contributed by atoms with Gasteiger partial charge in [-0.15, -0.1) is 0 Å². The van der Waals surface area contributed by atoms with Crippen molar-refractivity contribution < 1.29 is 4.79 Å². The molecule has 1 rings (SSSR count). The average molecular weight is 211 g/mol. The molecule has 0 unspecified atom stereocenters. The SMILES string of the molecule is CCC1(CC)CCN(C(=O)C(C)(C)C)C1. The van der Waals surface area contributed by atoms with Gasteiger partial charge in [0, 0.05) is 18.5 Å². The standard InChI is InChI=1S/C13H25NO/c1-6-13(7-2)8-9-14(10-13)11(15)12(3,4)5/h6-10H2,1-5H3. The summed E-state index contributed by atoms with van der Waals surface area (Å²) in [5, 5.41) is 0. The molecule has 1 fully saturated rings. The Bertz CT molecular complexity index is 235. The minimum absolute atomic E-state index is 0.225. The van der Waals surface area contributed by atoms with E-state index in [2.05, 4.69) is 18.7 Å². The third kappa shape index (κ3) is 2.53. The van der Waals surface area contributed by atoms with Gasteiger partial charge < -0.3 is 4.90 Å². The van der Waals surface area contributed by atoms with E-state index in [-0.39, 0.29) is 5.41 Å². The summed E-state index contributed by atoms with van der Waals surface area (Å²) >= 11 is 0. The molecular formula is C13H25NO. The van der Waals surface area contributed by atoms with Crippen molar-refractivity contribution >= 4 is 5.91 Å². The number of rotatable bonds is 2. The van der Waals surface area contributed by atoms with Crippen molar-refractivity contribution in [1.29, 1.82) is 0 Å². The Morgan fingerprint density at radius 2 is 1.80 bits per heavy atom. The lowest BCUT2D eigenvalue weighted by Gasteiger charge is -2.29. The minimum atomic E-state index is -0.225. The van der Waals surface area contributed by atoms with Crippen LogP contribution in [0.3, 0.4) is 0 Å². The predicted molar refractivity (Wildman–Crippen MR) is 63.7 cm³/mol. The molecule has 1 aliphatic heterocycles. The molecule has 0 aromatic rings. The summed E-state index contributed by atoms with van der Waals surface area (Å²) in [6.45, 7) is 12.4. The van der Waals surface area contributed by atoms with Crippen molar-refractivity contribution in [2.75, 3.05) is 13.1 Å². The topological polar surface area (TPSA) is 20.3 Å². The number of carbonyl (C=O) groups excluding carboxylic acids is 1. The van der Waals surface area contributed by atoms with E-state index in [0.29, 0.717) is 11.3 Å². The lowest BCUT2D eigenvalue weighted by molar-refractivity contribution is -0.138. The summed E-state index contributed by atoms with van der Waals surface area (Å²) in [7, 11) is 0. The van der Waals surface area contributed by atoms with E-state index >= 15 is 0 Å². The first-order chi connectivity index (χ1) is 6.84. The van der Waals surface area contributed by atoms with Crippen molar-refractivity contribution in [3.63, 3.8) is 0 Å². The summed E-state index contributed by atoms with van der Waals surface area (Å²) in [6.07, 6.45) is 3.57. The summed E-state index contributed by atoms with van der Waals surface area (Å²) in [5.41, 5.74) is 0.179. The zero-order valence-corrected chi connectivity index (χ0v) is 10.9. The van der Waals surface area contributed by atoms with Crippen molar-refractivity contribution in [3.8, 4) is 0 Å². The van der Waals surface area contributed by atoms with Gasteiger partial charge in [0.05, 0.1) is 0 Å². The van der Waals surface area contributed by atoms with Gasteiger partial charge in [0.15, 0.2) is 0 Å². The number of likely N-dealkylation sites (tertiary alicyclic amines) is 1. The maximum Gasteiger partial charge on any atom is 0.227 e. The zero-order chi connectivity index (χ0) is 11.7. The molecule has 0 saturated carbocycles. The van der Waals surface area contributed by atoms with Crippen molar-refractivity contribution in [3.05, 3.63) is 0 Å². The first-order valence-electron chi connectivity index (χ1n) is 6.14. The van der Waals surface area contributed by atoms with E-state index < -0.39 is 0 Å². The van der Waals surface area contributed by atoms with E-state index in [4.69, 9.17) is 0 Å². The van der Waals surface area contributed by atoms with E-state index in [1.54, 1.807) is 0 Å². The van der Waals surface area contributed by atoms with Crippen LogP contribution in [0.5, 0.6) is 0 Å². The monoisotopic (exact) mass is 211 g/mol. The fourth-order valence-corrected chi connectivity index (χ4v) is 2.41. The maximum atomic E-state index is 12.1. The molecule has 0 aliphatic carbocycles. The van der Waals surface area contributed by atoms with Crippen LogP contribution in [0.2, 0.25) is 0 Å². The highest BCUT2D eigenvalue weighted by Gasteiger charge is 2.39. The highest BCUT2D eigenvalue weighted by Crippen LogP contribution is 2.38. The largest absolute Gasteiger partial charge is 0.342 e. The highest BCUT2D eigenvalue weighted by molar-refractivity contribution is 5.81. The molecule has 2 heteroatoms. The molecule has 0 bridgehead atoms. The molecule has 0 radical (unpaired) electrons. The fourth-order valence-electron chi connectivity index (χ4n) is 2.41. The van der Waals surface area contributed by atoms with Gasteiger partial charge in [-0.3, -0.25) is 4.79 Å². The third-order valence-corrected chi connectivity index (χ3v) is 3.87. The quantitative estimate of drug-likeness (QED) is 0.687. The fraction of sp³-hybridized carbons (Fsp3) is 0.923. The van der Waals surface area contributed by atoms with E-state index in [1.165, 1.54) is 19.3 Å². The Balaban J connectivity index is 2.68. The van der Waals surface area contributed by atoms with Crippen LogP contribution >= 0.6 is 0 Å². The smallest absolute Gasteiger partial charge is 0.227 e. The summed E-state index contributed by atoms with van der Waals surface area (Å²) in [5.74, 6) is 0.311. The molecule has 1 aliphatic rings. The zero-order valence-electron chi connectivity index (χ0n) is 10.9. The van der Waals surface area contributed by atoms with Crippen LogP contribution in [0, 0.1) is 10.8 Å². The van der Waals surface area contributed by atoms with E-state index in [0.717, 1.165) is 13.1 Å². The van der Waals surface area contributed by atoms with Crippen molar-refractivity contribution in [2.45, 2.75) is 53.9 Å². The third-order valence-electron chi connectivity index (χ3n) is 3.87. The van der Waals surface area contributed by atoms with E-state index in [9.17, 15) is 4.79 Å². The van der Waals surface area contributed by atoms with Gasteiger partial charge in [-0.1, -0.05) is 34.6 Å². The van der Waals surface area contributed by atoms with Gasteiger partial charge in [-0.2, -0.15) is 0 Å². The Morgan fingerprint density at radius 1 is 1.27 bits per heavy atom. The Hall–Kier alpha value is -0.530. The molecule has 15 heavy (non-hydrogen) atoms. The van der Waals surface area contributed by atoms with Crippen LogP contribution in [-0.4, -0.2) is 23.9 Å². The number of amides is 1. The van der Waals surface area contributed by atoms with Gasteiger partial charge >= 0.3 is 0 Å². The number of carbonyl (C=O) groups is 1. The molecule has 1 amide bonds. The predicted octanol–water partition coefficient (Wildman–Crippen LogP) is 3.07. The van der Waals surface area contributed by atoms with Gasteiger partial charge in [-0.05, 0) is 24.7 Å². The molecule has 0 aromatic carbocycles. The van der Waals surface area contributed by atoms with Gasteiger partial charge in [0.25, 0.3) is 0 Å². The number of nitrogens with zero attached hydrogens (tertiary/aromatic N) is 1. The first kappa shape index (κ1) is 12.5. The van der Waals surface area contributed by atoms with Crippen molar-refractivity contribution in [2.24, 2.45) is 10.8 Å². The molecule has 0 spiro atoms. The Kier molecular flexibility index (Phi) is 3.47. The minimum Gasteiger partial charge on any atom is -0.342 e. The van der Waals surface area contributed by atoms with Crippen LogP contribution in [-0.2, 0) is 4.79 Å². The summed E-state index contributed by atoms with van der Waals surface area (Å²) in [4.78, 5) is 14.2. The van der Waals surface area contributed by atoms with Crippen LogP contribution in [0.1, 0.15) is 53.9 Å². The molecule has 1 saturated heterocycles. The normalized spacial score (nSPS) is 20.7. The molecule has 88 valence electrons. The molecule has 1 heterocycles. The van der Waals surface area contributed by atoms with Crippen LogP contribution in [0.15, 0.2) is 0 Å². The molecule has 0 N–H and O–H groups in total. The van der Waals surface area contributed by atoms with Gasteiger partial charge in [0.1, 0.15) is 0 Å². The molecule has 0 aromatic heterocycles. The second-order valence-electron chi connectivity index (χ2n) is 5.93.